The number of nitrogens with one attached hydrogen (secondary N) is 1. The second kappa shape index (κ2) is 7.99. The highest BCUT2D eigenvalue weighted by molar-refractivity contribution is 9.10. The third-order valence-electron chi connectivity index (χ3n) is 2.83. The van der Waals surface area contributed by atoms with E-state index in [1.807, 2.05) is 31.2 Å². The van der Waals surface area contributed by atoms with Gasteiger partial charge in [0.15, 0.2) is 0 Å². The van der Waals surface area contributed by atoms with E-state index in [-0.39, 0.29) is 5.75 Å². The molecular formula is C13H21BrN2O2S. The van der Waals surface area contributed by atoms with Crippen molar-refractivity contribution >= 4 is 26.0 Å². The van der Waals surface area contributed by atoms with Crippen LogP contribution in [-0.2, 0) is 16.6 Å². The standard InChI is InChI=1S/C13H21BrN2O2S/c1-3-15-9-6-10-19(17,18)16(2)11-12-7-4-5-8-13(12)14/h4-5,7-8,15H,3,6,9-11H2,1-2H3. The molecule has 0 saturated heterocycles. The zero-order valence-electron chi connectivity index (χ0n) is 11.4. The Labute approximate surface area is 124 Å². The van der Waals surface area contributed by atoms with Crippen molar-refractivity contribution in [1.29, 1.82) is 0 Å². The SMILES string of the molecule is CCNCCCS(=O)(=O)N(C)Cc1ccccc1Br. The van der Waals surface area contributed by atoms with Crippen LogP contribution in [-0.4, -0.2) is 38.6 Å². The molecular weight excluding hydrogens is 328 g/mol. The molecule has 108 valence electrons. The first-order valence-corrected chi connectivity index (χ1v) is 8.75. The predicted molar refractivity (Wildman–Crippen MR) is 82.6 cm³/mol. The Bertz CT molecular complexity index is 491. The molecule has 0 aliphatic rings. The minimum Gasteiger partial charge on any atom is -0.317 e. The molecule has 0 bridgehead atoms. The van der Waals surface area contributed by atoms with Crippen molar-refractivity contribution in [3.63, 3.8) is 0 Å². The third-order valence-corrected chi connectivity index (χ3v) is 5.49. The molecule has 1 rings (SSSR count). The van der Waals surface area contributed by atoms with E-state index in [4.69, 9.17) is 0 Å². The van der Waals surface area contributed by atoms with E-state index in [0.717, 1.165) is 23.1 Å². The van der Waals surface area contributed by atoms with E-state index in [9.17, 15) is 8.42 Å². The lowest BCUT2D eigenvalue weighted by atomic mass is 10.2. The van der Waals surface area contributed by atoms with Gasteiger partial charge in [0, 0.05) is 18.1 Å². The van der Waals surface area contributed by atoms with E-state index in [1.54, 1.807) is 7.05 Å². The van der Waals surface area contributed by atoms with Gasteiger partial charge in [-0.3, -0.25) is 0 Å². The summed E-state index contributed by atoms with van der Waals surface area (Å²) in [5, 5.41) is 3.13. The van der Waals surface area contributed by atoms with Gasteiger partial charge >= 0.3 is 0 Å². The average Bonchev–Trinajstić information content (AvgIpc) is 2.37. The second-order valence-corrected chi connectivity index (χ2v) is 7.42. The highest BCUT2D eigenvalue weighted by atomic mass is 79.9. The summed E-state index contributed by atoms with van der Waals surface area (Å²) >= 11 is 3.43. The molecule has 0 amide bonds. The fourth-order valence-corrected chi connectivity index (χ4v) is 3.24. The molecule has 1 aromatic carbocycles. The lowest BCUT2D eigenvalue weighted by Gasteiger charge is -2.18. The first kappa shape index (κ1) is 16.6. The summed E-state index contributed by atoms with van der Waals surface area (Å²) in [6, 6.07) is 7.67. The molecule has 0 radical (unpaired) electrons. The zero-order valence-corrected chi connectivity index (χ0v) is 13.8. The number of sulfonamides is 1. The lowest BCUT2D eigenvalue weighted by Crippen LogP contribution is -2.30. The van der Waals surface area contributed by atoms with Gasteiger partial charge in [0.05, 0.1) is 5.75 Å². The first-order valence-electron chi connectivity index (χ1n) is 6.35. The van der Waals surface area contributed by atoms with Crippen molar-refractivity contribution in [1.82, 2.24) is 9.62 Å². The van der Waals surface area contributed by atoms with E-state index in [2.05, 4.69) is 21.2 Å². The summed E-state index contributed by atoms with van der Waals surface area (Å²) in [6.45, 7) is 4.00. The summed E-state index contributed by atoms with van der Waals surface area (Å²) in [7, 11) is -1.56. The summed E-state index contributed by atoms with van der Waals surface area (Å²) < 4.78 is 26.5. The molecule has 0 aliphatic carbocycles. The molecule has 19 heavy (non-hydrogen) atoms. The number of hydrogen-bond donors (Lipinski definition) is 1. The van der Waals surface area contributed by atoms with Gasteiger partial charge in [-0.2, -0.15) is 0 Å². The van der Waals surface area contributed by atoms with Crippen molar-refractivity contribution in [3.05, 3.63) is 34.3 Å². The summed E-state index contributed by atoms with van der Waals surface area (Å²) in [5.74, 6) is 0.182. The molecule has 6 heteroatoms. The number of halogens is 1. The molecule has 1 N–H and O–H groups in total. The Hall–Kier alpha value is -0.430. The molecule has 0 aliphatic heterocycles. The summed E-state index contributed by atoms with van der Waals surface area (Å²) in [6.07, 6.45) is 0.635. The molecule has 0 spiro atoms. The number of rotatable bonds is 8. The highest BCUT2D eigenvalue weighted by Crippen LogP contribution is 2.18. The minimum atomic E-state index is -3.18. The van der Waals surface area contributed by atoms with E-state index < -0.39 is 10.0 Å². The van der Waals surface area contributed by atoms with Crippen LogP contribution in [0.3, 0.4) is 0 Å². The van der Waals surface area contributed by atoms with Crippen LogP contribution in [0.4, 0.5) is 0 Å². The van der Waals surface area contributed by atoms with Gasteiger partial charge in [-0.25, -0.2) is 12.7 Å². The van der Waals surface area contributed by atoms with Gasteiger partial charge in [-0.15, -0.1) is 0 Å². The van der Waals surface area contributed by atoms with Crippen molar-refractivity contribution in [3.8, 4) is 0 Å². The van der Waals surface area contributed by atoms with Crippen LogP contribution >= 0.6 is 15.9 Å². The fourth-order valence-electron chi connectivity index (χ4n) is 1.68. The van der Waals surface area contributed by atoms with Gasteiger partial charge in [-0.05, 0) is 31.1 Å². The van der Waals surface area contributed by atoms with Crippen LogP contribution in [0.5, 0.6) is 0 Å². The summed E-state index contributed by atoms with van der Waals surface area (Å²) in [4.78, 5) is 0. The maximum Gasteiger partial charge on any atom is 0.214 e. The highest BCUT2D eigenvalue weighted by Gasteiger charge is 2.18. The Kier molecular flexibility index (Phi) is 6.99. The van der Waals surface area contributed by atoms with Crippen molar-refractivity contribution in [2.45, 2.75) is 19.9 Å². The molecule has 0 saturated carbocycles. The molecule has 0 heterocycles. The Morgan fingerprint density at radius 1 is 1.32 bits per heavy atom. The molecule has 0 aromatic heterocycles. The molecule has 0 fully saturated rings. The van der Waals surface area contributed by atoms with Crippen LogP contribution in [0.25, 0.3) is 0 Å². The quantitative estimate of drug-likeness (QED) is 0.732. The molecule has 0 atom stereocenters. The Morgan fingerprint density at radius 2 is 2.00 bits per heavy atom. The van der Waals surface area contributed by atoms with Crippen LogP contribution in [0, 0.1) is 0 Å². The first-order chi connectivity index (χ1) is 8.97. The van der Waals surface area contributed by atoms with Crippen LogP contribution < -0.4 is 5.32 Å². The Balaban J connectivity index is 2.56. The molecule has 0 unspecified atom stereocenters. The zero-order chi connectivity index (χ0) is 14.3. The summed E-state index contributed by atoms with van der Waals surface area (Å²) in [5.41, 5.74) is 0.972. The Morgan fingerprint density at radius 3 is 2.63 bits per heavy atom. The van der Waals surface area contributed by atoms with Crippen LogP contribution in [0.15, 0.2) is 28.7 Å². The molecule has 1 aromatic rings. The van der Waals surface area contributed by atoms with Gasteiger partial charge < -0.3 is 5.32 Å². The largest absolute Gasteiger partial charge is 0.317 e. The monoisotopic (exact) mass is 348 g/mol. The van der Waals surface area contributed by atoms with Gasteiger partial charge in [-0.1, -0.05) is 41.1 Å². The maximum absolute atomic E-state index is 12.1. The van der Waals surface area contributed by atoms with Crippen molar-refractivity contribution in [2.75, 3.05) is 25.9 Å². The van der Waals surface area contributed by atoms with Gasteiger partial charge in [0.1, 0.15) is 0 Å². The van der Waals surface area contributed by atoms with Gasteiger partial charge in [0.25, 0.3) is 0 Å². The van der Waals surface area contributed by atoms with Crippen molar-refractivity contribution in [2.24, 2.45) is 0 Å². The average molecular weight is 349 g/mol. The topological polar surface area (TPSA) is 49.4 Å². The second-order valence-electron chi connectivity index (χ2n) is 4.37. The van der Waals surface area contributed by atoms with E-state index in [0.29, 0.717) is 13.0 Å². The van der Waals surface area contributed by atoms with Gasteiger partial charge in [0.2, 0.25) is 10.0 Å². The fraction of sp³-hybridized carbons (Fsp3) is 0.538. The smallest absolute Gasteiger partial charge is 0.214 e. The van der Waals surface area contributed by atoms with E-state index in [1.165, 1.54) is 4.31 Å². The predicted octanol–water partition coefficient (Wildman–Crippen LogP) is 2.21. The van der Waals surface area contributed by atoms with Crippen LogP contribution in [0.1, 0.15) is 18.9 Å². The number of benzene rings is 1. The lowest BCUT2D eigenvalue weighted by molar-refractivity contribution is 0.464. The van der Waals surface area contributed by atoms with E-state index >= 15 is 0 Å². The minimum absolute atomic E-state index is 0.182. The normalized spacial score (nSPS) is 12.0. The number of nitrogens with zero attached hydrogens (tertiary/aromatic N) is 1. The molecule has 4 nitrogen and oxygen atoms in total. The van der Waals surface area contributed by atoms with Crippen molar-refractivity contribution < 1.29 is 8.42 Å². The third kappa shape index (κ3) is 5.60. The number of hydrogen-bond acceptors (Lipinski definition) is 3. The van der Waals surface area contributed by atoms with Crippen LogP contribution in [0.2, 0.25) is 0 Å². The maximum atomic E-state index is 12.1.